The molecule has 0 saturated carbocycles. The van der Waals surface area contributed by atoms with Gasteiger partial charge in [-0.3, -0.25) is 4.90 Å². The van der Waals surface area contributed by atoms with Gasteiger partial charge in [-0.2, -0.15) is 0 Å². The molecule has 1 unspecified atom stereocenters. The van der Waals surface area contributed by atoms with E-state index in [0.29, 0.717) is 12.6 Å². The maximum absolute atomic E-state index is 12.0. The molecule has 0 aromatic carbocycles. The van der Waals surface area contributed by atoms with Crippen molar-refractivity contribution in [3.63, 3.8) is 0 Å². The smallest absolute Gasteiger partial charge is 0.412 e. The van der Waals surface area contributed by atoms with Crippen molar-refractivity contribution in [1.82, 2.24) is 4.90 Å². The Morgan fingerprint density at radius 3 is 2.56 bits per heavy atom. The van der Waals surface area contributed by atoms with Gasteiger partial charge in [0.1, 0.15) is 12.3 Å². The molecule has 0 spiro atoms. The molecule has 1 aliphatic rings. The number of nitrogens with zero attached hydrogens (tertiary/aromatic N) is 1. The van der Waals surface area contributed by atoms with Crippen molar-refractivity contribution in [3.8, 4) is 0 Å². The molecule has 1 fully saturated rings. The molecule has 0 aliphatic carbocycles. The summed E-state index contributed by atoms with van der Waals surface area (Å²) in [6.07, 6.45) is 0.614. The van der Waals surface area contributed by atoms with Gasteiger partial charge in [-0.05, 0) is 33.1 Å². The van der Waals surface area contributed by atoms with Crippen LogP contribution in [0.4, 0.5) is 4.79 Å². The first-order valence-corrected chi connectivity index (χ1v) is 5.88. The molecule has 1 heterocycles. The molecule has 0 bridgehead atoms. The Bertz CT molecular complexity index is 245. The predicted octanol–water partition coefficient (Wildman–Crippen LogP) is 2.63. The van der Waals surface area contributed by atoms with Gasteiger partial charge in [0, 0.05) is 6.04 Å². The normalized spacial score (nSPS) is 22.4. The number of ether oxygens (including phenoxy) is 2. The van der Waals surface area contributed by atoms with E-state index >= 15 is 0 Å². The third-order valence-electron chi connectivity index (χ3n) is 2.59. The highest BCUT2D eigenvalue weighted by Crippen LogP contribution is 2.21. The third kappa shape index (κ3) is 3.67. The number of amides is 1. The van der Waals surface area contributed by atoms with E-state index in [2.05, 4.69) is 13.8 Å². The molecule has 1 aliphatic heterocycles. The largest absolute Gasteiger partial charge is 0.444 e. The molecular weight excluding hydrogens is 206 g/mol. The summed E-state index contributed by atoms with van der Waals surface area (Å²) in [6.45, 7) is 10.9. The molecule has 94 valence electrons. The van der Waals surface area contributed by atoms with Gasteiger partial charge in [0.25, 0.3) is 0 Å². The first-order valence-electron chi connectivity index (χ1n) is 5.88. The zero-order valence-corrected chi connectivity index (χ0v) is 10.9. The molecule has 4 heteroatoms. The number of hydrogen-bond donors (Lipinski definition) is 0. The lowest BCUT2D eigenvalue weighted by atomic mass is 9.99. The van der Waals surface area contributed by atoms with Crippen molar-refractivity contribution < 1.29 is 14.3 Å². The van der Waals surface area contributed by atoms with Crippen LogP contribution in [0, 0.1) is 5.92 Å². The van der Waals surface area contributed by atoms with Gasteiger partial charge in [-0.25, -0.2) is 4.79 Å². The fraction of sp³-hybridized carbons (Fsp3) is 0.917. The molecule has 1 saturated heterocycles. The highest BCUT2D eigenvalue weighted by Gasteiger charge is 2.32. The molecule has 4 nitrogen and oxygen atoms in total. The van der Waals surface area contributed by atoms with Gasteiger partial charge >= 0.3 is 6.09 Å². The molecule has 1 rings (SSSR count). The second kappa shape index (κ2) is 5.04. The fourth-order valence-corrected chi connectivity index (χ4v) is 1.82. The standard InChI is InChI=1S/C12H23NO3/c1-9(2)10-6-7-15-8-13(10)11(14)16-12(3,4)5/h9-10H,6-8H2,1-5H3. The second-order valence-corrected chi connectivity index (χ2v) is 5.59. The summed E-state index contributed by atoms with van der Waals surface area (Å²) in [5.41, 5.74) is -0.448. The van der Waals surface area contributed by atoms with E-state index in [0.717, 1.165) is 13.0 Å². The van der Waals surface area contributed by atoms with E-state index in [9.17, 15) is 4.79 Å². The van der Waals surface area contributed by atoms with Crippen LogP contribution < -0.4 is 0 Å². The summed E-state index contributed by atoms with van der Waals surface area (Å²) in [6, 6.07) is 0.226. The monoisotopic (exact) mass is 229 g/mol. The lowest BCUT2D eigenvalue weighted by molar-refractivity contribution is -0.0687. The maximum Gasteiger partial charge on any atom is 0.412 e. The highest BCUT2D eigenvalue weighted by molar-refractivity contribution is 5.68. The van der Waals surface area contributed by atoms with E-state index in [1.54, 1.807) is 4.90 Å². The average molecular weight is 229 g/mol. The zero-order chi connectivity index (χ0) is 12.3. The molecule has 1 atom stereocenters. The van der Waals surface area contributed by atoms with Crippen LogP contribution in [-0.4, -0.2) is 36.0 Å². The van der Waals surface area contributed by atoms with Gasteiger partial charge in [0.15, 0.2) is 0 Å². The summed E-state index contributed by atoms with van der Waals surface area (Å²) in [4.78, 5) is 13.6. The van der Waals surface area contributed by atoms with Crippen LogP contribution in [0.3, 0.4) is 0 Å². The van der Waals surface area contributed by atoms with E-state index in [4.69, 9.17) is 9.47 Å². The first kappa shape index (κ1) is 13.3. The van der Waals surface area contributed by atoms with Crippen LogP contribution in [0.5, 0.6) is 0 Å². The van der Waals surface area contributed by atoms with Crippen LogP contribution in [-0.2, 0) is 9.47 Å². The average Bonchev–Trinajstić information content (AvgIpc) is 2.15. The summed E-state index contributed by atoms with van der Waals surface area (Å²) in [5, 5.41) is 0. The van der Waals surface area contributed by atoms with Crippen molar-refractivity contribution in [2.75, 3.05) is 13.3 Å². The molecule has 0 aromatic heterocycles. The van der Waals surface area contributed by atoms with E-state index in [-0.39, 0.29) is 12.1 Å². The Kier molecular flexibility index (Phi) is 4.19. The fourth-order valence-electron chi connectivity index (χ4n) is 1.82. The Balaban J connectivity index is 2.64. The van der Waals surface area contributed by atoms with E-state index in [1.165, 1.54) is 0 Å². The third-order valence-corrected chi connectivity index (χ3v) is 2.59. The van der Waals surface area contributed by atoms with Gasteiger partial charge < -0.3 is 9.47 Å². The van der Waals surface area contributed by atoms with E-state index < -0.39 is 5.60 Å². The summed E-state index contributed by atoms with van der Waals surface area (Å²) >= 11 is 0. The minimum atomic E-state index is -0.448. The predicted molar refractivity (Wildman–Crippen MR) is 62.1 cm³/mol. The number of rotatable bonds is 1. The summed E-state index contributed by atoms with van der Waals surface area (Å²) in [5.74, 6) is 0.427. The topological polar surface area (TPSA) is 38.8 Å². The van der Waals surface area contributed by atoms with Crippen LogP contribution in [0.15, 0.2) is 0 Å². The Hall–Kier alpha value is -0.770. The number of carbonyl (C=O) groups excluding carboxylic acids is 1. The Morgan fingerprint density at radius 1 is 1.44 bits per heavy atom. The van der Waals surface area contributed by atoms with Gasteiger partial charge in [0.05, 0.1) is 6.61 Å². The van der Waals surface area contributed by atoms with Gasteiger partial charge in [-0.15, -0.1) is 0 Å². The molecule has 16 heavy (non-hydrogen) atoms. The van der Waals surface area contributed by atoms with Gasteiger partial charge in [-0.1, -0.05) is 13.8 Å². The molecule has 0 aromatic rings. The van der Waals surface area contributed by atoms with Crippen molar-refractivity contribution in [2.24, 2.45) is 5.92 Å². The first-order chi connectivity index (χ1) is 7.31. The quantitative estimate of drug-likeness (QED) is 0.693. The molecule has 1 amide bonds. The van der Waals surface area contributed by atoms with Crippen LogP contribution in [0.1, 0.15) is 41.0 Å². The minimum absolute atomic E-state index is 0.226. The maximum atomic E-state index is 12.0. The van der Waals surface area contributed by atoms with Crippen LogP contribution in [0.2, 0.25) is 0 Å². The zero-order valence-electron chi connectivity index (χ0n) is 10.9. The lowest BCUT2D eigenvalue weighted by Gasteiger charge is -2.38. The minimum Gasteiger partial charge on any atom is -0.444 e. The number of hydrogen-bond acceptors (Lipinski definition) is 3. The summed E-state index contributed by atoms with van der Waals surface area (Å²) in [7, 11) is 0. The van der Waals surface area contributed by atoms with Crippen molar-refractivity contribution in [1.29, 1.82) is 0 Å². The Labute approximate surface area is 97.9 Å². The van der Waals surface area contributed by atoms with Crippen LogP contribution in [0.25, 0.3) is 0 Å². The van der Waals surface area contributed by atoms with Crippen molar-refractivity contribution in [3.05, 3.63) is 0 Å². The van der Waals surface area contributed by atoms with Crippen molar-refractivity contribution in [2.45, 2.75) is 52.7 Å². The second-order valence-electron chi connectivity index (χ2n) is 5.59. The molecule has 0 radical (unpaired) electrons. The summed E-state index contributed by atoms with van der Waals surface area (Å²) < 4.78 is 10.7. The van der Waals surface area contributed by atoms with Crippen molar-refractivity contribution >= 4 is 6.09 Å². The molecule has 0 N–H and O–H groups in total. The molecular formula is C12H23NO3. The Morgan fingerprint density at radius 2 is 2.06 bits per heavy atom. The van der Waals surface area contributed by atoms with E-state index in [1.807, 2.05) is 20.8 Å². The van der Waals surface area contributed by atoms with Crippen LogP contribution >= 0.6 is 0 Å². The van der Waals surface area contributed by atoms with Gasteiger partial charge in [0.2, 0.25) is 0 Å². The number of carbonyl (C=O) groups is 1. The lowest BCUT2D eigenvalue weighted by Crippen LogP contribution is -2.50. The SMILES string of the molecule is CC(C)C1CCOCN1C(=O)OC(C)(C)C. The highest BCUT2D eigenvalue weighted by atomic mass is 16.6.